The van der Waals surface area contributed by atoms with Crippen LogP contribution in [0.4, 0.5) is 5.69 Å². The van der Waals surface area contributed by atoms with E-state index in [4.69, 9.17) is 0 Å². The van der Waals surface area contributed by atoms with Gasteiger partial charge < -0.3 is 3.11 Å². The first-order chi connectivity index (χ1) is 10.3. The minimum atomic E-state index is 0.826. The number of hydrogen-bond acceptors (Lipinski definition) is 4. The summed E-state index contributed by atoms with van der Waals surface area (Å²) in [5.74, 6) is 0. The van der Waals surface area contributed by atoms with Crippen LogP contribution < -0.4 is 3.11 Å². The highest BCUT2D eigenvalue weighted by Crippen LogP contribution is 2.41. The second kappa shape index (κ2) is 5.03. The molecule has 21 heavy (non-hydrogen) atoms. The summed E-state index contributed by atoms with van der Waals surface area (Å²) < 4.78 is 3.78. The third-order valence-electron chi connectivity index (χ3n) is 3.66. The first kappa shape index (κ1) is 13.1. The summed E-state index contributed by atoms with van der Waals surface area (Å²) in [6, 6.07) is 16.6. The average molecular weight is 406 g/mol. The van der Waals surface area contributed by atoms with E-state index in [0.717, 1.165) is 34.7 Å². The van der Waals surface area contributed by atoms with Crippen LogP contribution in [0.1, 0.15) is 5.56 Å². The lowest BCUT2D eigenvalue weighted by Crippen LogP contribution is -2.13. The van der Waals surface area contributed by atoms with Gasteiger partial charge in [0.05, 0.1) is 35.1 Å². The molecule has 1 aliphatic heterocycles. The Morgan fingerprint density at radius 3 is 2.57 bits per heavy atom. The molecule has 0 spiro atoms. The molecule has 0 unspecified atom stereocenters. The number of rotatable bonds is 0. The van der Waals surface area contributed by atoms with E-state index in [0.29, 0.717) is 0 Å². The maximum atomic E-state index is 4.44. The smallest absolute Gasteiger partial charge is 0.124 e. The number of anilines is 1. The monoisotopic (exact) mass is 406 g/mol. The molecule has 0 amide bonds. The van der Waals surface area contributed by atoms with Crippen LogP contribution in [0.2, 0.25) is 0 Å². The largest absolute Gasteiger partial charge is 0.310 e. The minimum absolute atomic E-state index is 0.826. The quantitative estimate of drug-likeness (QED) is 0.349. The van der Waals surface area contributed by atoms with Gasteiger partial charge in [0.25, 0.3) is 0 Å². The fourth-order valence-electron chi connectivity index (χ4n) is 2.70. The van der Waals surface area contributed by atoms with Crippen LogP contribution in [0.25, 0.3) is 22.5 Å². The molecular formula is C15H11IN4S. The molecule has 0 saturated carbocycles. The Morgan fingerprint density at radius 1 is 1.00 bits per heavy atom. The maximum Gasteiger partial charge on any atom is 0.124 e. The summed E-state index contributed by atoms with van der Waals surface area (Å²) in [6.45, 7) is 0.826. The molecule has 3 aromatic rings. The predicted molar refractivity (Wildman–Crippen MR) is 95.5 cm³/mol. The molecule has 0 aliphatic carbocycles. The number of nitrogens with zero attached hydrogens (tertiary/aromatic N) is 4. The Labute approximate surface area is 141 Å². The van der Waals surface area contributed by atoms with Gasteiger partial charge in [0.15, 0.2) is 0 Å². The molecule has 0 N–H and O–H groups in total. The molecule has 0 bridgehead atoms. The van der Waals surface area contributed by atoms with Gasteiger partial charge in [0.2, 0.25) is 0 Å². The topological polar surface area (TPSA) is 34.0 Å². The Hall–Kier alpha value is -1.54. The van der Waals surface area contributed by atoms with E-state index in [1.165, 1.54) is 5.56 Å². The number of aromatic nitrogens is 3. The first-order valence-corrected chi connectivity index (χ1v) is 7.88. The SMILES string of the molecule is Sn1nnc2c1-c1ccccc1CN(I)c1ccccc1-2. The standard InChI is InChI=1S/C15H11IN4S/c16-19-9-10-5-1-2-6-11(10)15-14(17-18-20(15)21)12-7-3-4-8-13(12)19/h1-8,21H,9H2. The van der Waals surface area contributed by atoms with E-state index in [2.05, 4.69) is 79.4 Å². The average Bonchev–Trinajstić information content (AvgIpc) is 2.88. The van der Waals surface area contributed by atoms with Crippen molar-refractivity contribution in [3.63, 3.8) is 0 Å². The molecule has 6 heteroatoms. The van der Waals surface area contributed by atoms with E-state index in [1.807, 2.05) is 18.2 Å². The third-order valence-corrected chi connectivity index (χ3v) is 4.80. The summed E-state index contributed by atoms with van der Waals surface area (Å²) in [6.07, 6.45) is 0. The summed E-state index contributed by atoms with van der Waals surface area (Å²) in [5.41, 5.74) is 6.41. The second-order valence-electron chi connectivity index (χ2n) is 4.87. The number of para-hydroxylation sites is 1. The van der Waals surface area contributed by atoms with Crippen LogP contribution in [-0.4, -0.2) is 14.4 Å². The van der Waals surface area contributed by atoms with Gasteiger partial charge in [-0.3, -0.25) is 0 Å². The van der Waals surface area contributed by atoms with Crippen LogP contribution >= 0.6 is 35.7 Å². The summed E-state index contributed by atoms with van der Waals surface area (Å²) in [4.78, 5) is 0. The van der Waals surface area contributed by atoms with E-state index >= 15 is 0 Å². The fourth-order valence-corrected chi connectivity index (χ4v) is 3.73. The van der Waals surface area contributed by atoms with Gasteiger partial charge >= 0.3 is 0 Å². The lowest BCUT2D eigenvalue weighted by atomic mass is 9.97. The molecule has 2 aromatic carbocycles. The Bertz CT molecular complexity index is 830. The molecule has 4 nitrogen and oxygen atoms in total. The van der Waals surface area contributed by atoms with Gasteiger partial charge in [0.1, 0.15) is 11.4 Å². The molecular weight excluding hydrogens is 395 g/mol. The molecule has 0 saturated heterocycles. The lowest BCUT2D eigenvalue weighted by molar-refractivity contribution is 0.901. The molecule has 4 rings (SSSR count). The van der Waals surface area contributed by atoms with Crippen molar-refractivity contribution in [2.45, 2.75) is 6.54 Å². The molecule has 1 aromatic heterocycles. The third kappa shape index (κ3) is 2.04. The van der Waals surface area contributed by atoms with Gasteiger partial charge in [-0.2, -0.15) is 4.09 Å². The van der Waals surface area contributed by atoms with Crippen molar-refractivity contribution in [2.24, 2.45) is 0 Å². The van der Waals surface area contributed by atoms with Crippen molar-refractivity contribution >= 4 is 41.4 Å². The molecule has 0 radical (unpaired) electrons. The van der Waals surface area contributed by atoms with Crippen LogP contribution in [0, 0.1) is 0 Å². The fraction of sp³-hybridized carbons (Fsp3) is 0.0667. The summed E-state index contributed by atoms with van der Waals surface area (Å²) in [7, 11) is 0. The van der Waals surface area contributed by atoms with Crippen LogP contribution in [0.3, 0.4) is 0 Å². The van der Waals surface area contributed by atoms with Gasteiger partial charge in [-0.25, -0.2) is 0 Å². The number of hydrogen-bond donors (Lipinski definition) is 1. The van der Waals surface area contributed by atoms with Crippen molar-refractivity contribution in [3.8, 4) is 22.5 Å². The minimum Gasteiger partial charge on any atom is -0.310 e. The normalized spacial score (nSPS) is 13.0. The molecule has 1 aliphatic rings. The number of thiol groups is 1. The van der Waals surface area contributed by atoms with E-state index < -0.39 is 0 Å². The predicted octanol–water partition coefficient (Wildman–Crippen LogP) is 3.98. The van der Waals surface area contributed by atoms with Gasteiger partial charge in [0, 0.05) is 11.1 Å². The van der Waals surface area contributed by atoms with Crippen molar-refractivity contribution in [3.05, 3.63) is 54.1 Å². The molecule has 2 heterocycles. The molecule has 0 fully saturated rings. The number of fused-ring (bicyclic) bond motifs is 5. The van der Waals surface area contributed by atoms with E-state index in [9.17, 15) is 0 Å². The zero-order chi connectivity index (χ0) is 14.4. The first-order valence-electron chi connectivity index (χ1n) is 6.51. The highest BCUT2D eigenvalue weighted by atomic mass is 127. The zero-order valence-electron chi connectivity index (χ0n) is 10.9. The summed E-state index contributed by atoms with van der Waals surface area (Å²) >= 11 is 6.79. The Morgan fingerprint density at radius 2 is 1.71 bits per heavy atom. The van der Waals surface area contributed by atoms with E-state index in [-0.39, 0.29) is 0 Å². The van der Waals surface area contributed by atoms with Crippen molar-refractivity contribution in [1.82, 2.24) is 14.4 Å². The second-order valence-corrected chi connectivity index (χ2v) is 6.41. The number of halogens is 1. The highest BCUT2D eigenvalue weighted by molar-refractivity contribution is 14.1. The summed E-state index contributed by atoms with van der Waals surface area (Å²) in [5, 5.41) is 8.45. The van der Waals surface area contributed by atoms with Crippen molar-refractivity contribution in [2.75, 3.05) is 3.11 Å². The van der Waals surface area contributed by atoms with Gasteiger partial charge in [-0.1, -0.05) is 47.7 Å². The Kier molecular flexibility index (Phi) is 3.15. The van der Waals surface area contributed by atoms with Crippen molar-refractivity contribution < 1.29 is 0 Å². The number of benzene rings is 2. The van der Waals surface area contributed by atoms with Crippen LogP contribution in [-0.2, 0) is 6.54 Å². The Balaban J connectivity index is 2.11. The highest BCUT2D eigenvalue weighted by Gasteiger charge is 2.24. The van der Waals surface area contributed by atoms with Crippen LogP contribution in [0.5, 0.6) is 0 Å². The van der Waals surface area contributed by atoms with Crippen molar-refractivity contribution in [1.29, 1.82) is 0 Å². The van der Waals surface area contributed by atoms with E-state index in [1.54, 1.807) is 4.09 Å². The zero-order valence-corrected chi connectivity index (χ0v) is 14.0. The molecule has 0 atom stereocenters. The maximum absolute atomic E-state index is 4.44. The molecule has 104 valence electrons. The lowest BCUT2D eigenvalue weighted by Gasteiger charge is -2.24. The van der Waals surface area contributed by atoms with Gasteiger partial charge in [-0.15, -0.1) is 5.10 Å². The van der Waals surface area contributed by atoms with Gasteiger partial charge in [-0.05, 0) is 24.4 Å². The van der Waals surface area contributed by atoms with Crippen LogP contribution in [0.15, 0.2) is 48.5 Å².